The molecule has 1 radical (unpaired) electrons. The molecule has 0 unspecified atom stereocenters. The molecule has 0 aliphatic heterocycles. The first-order valence-corrected chi connectivity index (χ1v) is 2.88. The summed E-state index contributed by atoms with van der Waals surface area (Å²) in [6, 6.07) is 4.76. The van der Waals surface area contributed by atoms with Gasteiger partial charge in [-0.25, -0.2) is 4.39 Å². The van der Waals surface area contributed by atoms with E-state index in [9.17, 15) is 4.39 Å². The highest BCUT2D eigenvalue weighted by atomic mass is 19.1. The number of para-hydroxylation sites is 1. The molecular weight excluding hydrogens is 131 g/mol. The minimum Gasteiger partial charge on any atom is -0.274 e. The second-order valence-corrected chi connectivity index (χ2v) is 2.00. The van der Waals surface area contributed by atoms with Crippen LogP contribution in [0.3, 0.4) is 0 Å². The van der Waals surface area contributed by atoms with Crippen LogP contribution in [0.2, 0.25) is 0 Å². The van der Waals surface area contributed by atoms with Crippen LogP contribution in [0.4, 0.5) is 4.39 Å². The Kier molecular flexibility index (Phi) is 0.974. The first-order valence-electron chi connectivity index (χ1n) is 2.88. The molecule has 0 bridgehead atoms. The zero-order valence-electron chi connectivity index (χ0n) is 5.06. The number of aromatic nitrogens is 2. The average molecular weight is 135 g/mol. The van der Waals surface area contributed by atoms with Crippen LogP contribution in [-0.4, -0.2) is 10.2 Å². The third-order valence-corrected chi connectivity index (χ3v) is 1.36. The molecule has 2 rings (SSSR count). The molecule has 10 heavy (non-hydrogen) atoms. The van der Waals surface area contributed by atoms with Gasteiger partial charge in [-0.15, -0.1) is 0 Å². The van der Waals surface area contributed by atoms with E-state index >= 15 is 0 Å². The van der Waals surface area contributed by atoms with Gasteiger partial charge in [0.25, 0.3) is 0 Å². The van der Waals surface area contributed by atoms with E-state index in [1.807, 2.05) is 0 Å². The molecule has 1 N–H and O–H groups in total. The Morgan fingerprint density at radius 3 is 3.20 bits per heavy atom. The van der Waals surface area contributed by atoms with Gasteiger partial charge in [-0.3, -0.25) is 5.10 Å². The van der Waals surface area contributed by atoms with Crippen LogP contribution in [0.25, 0.3) is 10.9 Å². The van der Waals surface area contributed by atoms with Gasteiger partial charge < -0.3 is 0 Å². The van der Waals surface area contributed by atoms with E-state index in [0.29, 0.717) is 10.9 Å². The van der Waals surface area contributed by atoms with Gasteiger partial charge >= 0.3 is 0 Å². The largest absolute Gasteiger partial charge is 0.274 e. The summed E-state index contributed by atoms with van der Waals surface area (Å²) in [5.74, 6) is -0.286. The number of hydrogen-bond donors (Lipinski definition) is 1. The Morgan fingerprint density at radius 1 is 1.50 bits per heavy atom. The zero-order valence-corrected chi connectivity index (χ0v) is 5.06. The van der Waals surface area contributed by atoms with Gasteiger partial charge in [0.2, 0.25) is 0 Å². The van der Waals surface area contributed by atoms with E-state index in [4.69, 9.17) is 0 Å². The molecule has 2 aromatic rings. The molecular formula is C7H4FN2. The molecule has 1 aromatic carbocycles. The van der Waals surface area contributed by atoms with Crippen molar-refractivity contribution < 1.29 is 4.39 Å². The minimum atomic E-state index is -0.286. The average Bonchev–Trinajstić information content (AvgIpc) is 2.36. The highest BCUT2D eigenvalue weighted by molar-refractivity contribution is 5.77. The predicted molar refractivity (Wildman–Crippen MR) is 34.9 cm³/mol. The van der Waals surface area contributed by atoms with E-state index in [2.05, 4.69) is 16.4 Å². The van der Waals surface area contributed by atoms with Gasteiger partial charge in [-0.2, -0.15) is 5.10 Å². The van der Waals surface area contributed by atoms with Crippen molar-refractivity contribution in [2.24, 2.45) is 0 Å². The summed E-state index contributed by atoms with van der Waals surface area (Å²) in [7, 11) is 0. The third-order valence-electron chi connectivity index (χ3n) is 1.36. The lowest BCUT2D eigenvalue weighted by Gasteiger charge is -1.86. The zero-order chi connectivity index (χ0) is 6.97. The second-order valence-electron chi connectivity index (χ2n) is 2.00. The number of halogens is 1. The molecule has 2 nitrogen and oxygen atoms in total. The van der Waals surface area contributed by atoms with Crippen LogP contribution in [0.5, 0.6) is 0 Å². The predicted octanol–water partition coefficient (Wildman–Crippen LogP) is 1.50. The first kappa shape index (κ1) is 5.41. The molecule has 49 valence electrons. The van der Waals surface area contributed by atoms with Crippen molar-refractivity contribution in [2.75, 3.05) is 0 Å². The maximum absolute atomic E-state index is 12.7. The van der Waals surface area contributed by atoms with Crippen LogP contribution in [0.1, 0.15) is 0 Å². The molecule has 0 saturated carbocycles. The Balaban J connectivity index is 2.95. The second kappa shape index (κ2) is 1.80. The molecule has 0 atom stereocenters. The number of nitrogens with zero attached hydrogens (tertiary/aromatic N) is 1. The number of benzene rings is 1. The first-order chi connectivity index (χ1) is 4.88. The lowest BCUT2D eigenvalue weighted by Crippen LogP contribution is -1.74. The molecule has 1 aromatic heterocycles. The van der Waals surface area contributed by atoms with Crippen LogP contribution in [0.15, 0.2) is 18.2 Å². The van der Waals surface area contributed by atoms with E-state index in [1.165, 1.54) is 6.07 Å². The van der Waals surface area contributed by atoms with E-state index in [0.717, 1.165) is 0 Å². The summed E-state index contributed by atoms with van der Waals surface area (Å²) >= 11 is 0. The number of hydrogen-bond acceptors (Lipinski definition) is 1. The number of aromatic amines is 1. The van der Waals surface area contributed by atoms with Crippen LogP contribution in [-0.2, 0) is 0 Å². The molecule has 0 fully saturated rings. The quantitative estimate of drug-likeness (QED) is 0.582. The fraction of sp³-hybridized carbons (Fsp3) is 0. The topological polar surface area (TPSA) is 28.7 Å². The highest BCUT2D eigenvalue weighted by Gasteiger charge is 1.99. The normalized spacial score (nSPS) is 10.5. The Hall–Kier alpha value is -1.38. The van der Waals surface area contributed by atoms with Gasteiger partial charge in [0.15, 0.2) is 0 Å². The smallest absolute Gasteiger partial charge is 0.148 e. The maximum Gasteiger partial charge on any atom is 0.148 e. The monoisotopic (exact) mass is 135 g/mol. The molecule has 0 amide bonds. The van der Waals surface area contributed by atoms with Crippen molar-refractivity contribution in [3.63, 3.8) is 0 Å². The number of nitrogens with one attached hydrogen (secondary N) is 1. The minimum absolute atomic E-state index is 0.286. The highest BCUT2D eigenvalue weighted by Crippen LogP contribution is 2.12. The summed E-state index contributed by atoms with van der Waals surface area (Å²) in [6.07, 6.45) is 2.61. The van der Waals surface area contributed by atoms with Crippen molar-refractivity contribution in [2.45, 2.75) is 0 Å². The molecule has 1 heterocycles. The van der Waals surface area contributed by atoms with Crippen molar-refractivity contribution in [1.82, 2.24) is 10.2 Å². The van der Waals surface area contributed by atoms with Crippen molar-refractivity contribution in [1.29, 1.82) is 0 Å². The fourth-order valence-corrected chi connectivity index (χ4v) is 0.875. The van der Waals surface area contributed by atoms with E-state index < -0.39 is 0 Å². The Bertz CT molecular complexity index is 353. The summed E-state index contributed by atoms with van der Waals surface area (Å²) < 4.78 is 12.7. The summed E-state index contributed by atoms with van der Waals surface area (Å²) in [5, 5.41) is 6.76. The lowest BCUT2D eigenvalue weighted by atomic mass is 10.2. The van der Waals surface area contributed by atoms with Crippen molar-refractivity contribution in [3.8, 4) is 0 Å². The fourth-order valence-electron chi connectivity index (χ4n) is 0.875. The van der Waals surface area contributed by atoms with Crippen LogP contribution < -0.4 is 0 Å². The maximum atomic E-state index is 12.7. The van der Waals surface area contributed by atoms with Crippen molar-refractivity contribution in [3.05, 3.63) is 30.2 Å². The number of H-pyrrole nitrogens is 1. The number of rotatable bonds is 0. The Labute approximate surface area is 56.7 Å². The van der Waals surface area contributed by atoms with Crippen LogP contribution in [0, 0.1) is 12.0 Å². The third kappa shape index (κ3) is 0.603. The molecule has 0 aliphatic carbocycles. The SMILES string of the molecule is Fc1cccc2[c]n[nH]c12. The summed E-state index contributed by atoms with van der Waals surface area (Å²) in [6.45, 7) is 0. The molecule has 0 saturated heterocycles. The van der Waals surface area contributed by atoms with E-state index in [-0.39, 0.29) is 5.82 Å². The van der Waals surface area contributed by atoms with Gasteiger partial charge in [-0.05, 0) is 6.07 Å². The standard InChI is InChI=1S/C7H4FN2/c8-6-3-1-2-5-4-9-10-7(5)6/h1-3H,(H,9,10). The van der Waals surface area contributed by atoms with Gasteiger partial charge in [0.1, 0.15) is 17.5 Å². The van der Waals surface area contributed by atoms with Gasteiger partial charge in [-0.1, -0.05) is 12.1 Å². The molecule has 3 heteroatoms. The number of fused-ring (bicyclic) bond motifs is 1. The Morgan fingerprint density at radius 2 is 2.40 bits per heavy atom. The summed E-state index contributed by atoms with van der Waals surface area (Å²) in [5.41, 5.74) is 0.419. The summed E-state index contributed by atoms with van der Waals surface area (Å²) in [4.78, 5) is 0. The van der Waals surface area contributed by atoms with Gasteiger partial charge in [0.05, 0.1) is 0 Å². The van der Waals surface area contributed by atoms with E-state index in [1.54, 1.807) is 12.1 Å². The van der Waals surface area contributed by atoms with Crippen LogP contribution >= 0.6 is 0 Å². The molecule has 0 aliphatic rings. The lowest BCUT2D eigenvalue weighted by molar-refractivity contribution is 0.636. The van der Waals surface area contributed by atoms with Crippen molar-refractivity contribution >= 4 is 10.9 Å². The molecule has 0 spiro atoms. The van der Waals surface area contributed by atoms with Gasteiger partial charge in [0, 0.05) is 5.39 Å².